The quantitative estimate of drug-likeness (QED) is 0.476. The SMILES string of the molecule is COc1ccc(-c2c(C#N)n(CCN3CCN(C)CC3)c3cc(OC)c(OC)cc23)cc1.Cl.Cl. The Kier molecular flexibility index (Phi) is 9.90. The molecular weight excluding hydrogens is 475 g/mol. The van der Waals surface area contributed by atoms with Crippen LogP contribution in [0.4, 0.5) is 0 Å². The smallest absolute Gasteiger partial charge is 0.162 e. The monoisotopic (exact) mass is 506 g/mol. The summed E-state index contributed by atoms with van der Waals surface area (Å²) in [5.74, 6) is 2.09. The van der Waals surface area contributed by atoms with Crippen molar-refractivity contribution in [2.45, 2.75) is 6.54 Å². The summed E-state index contributed by atoms with van der Waals surface area (Å²) >= 11 is 0. The van der Waals surface area contributed by atoms with E-state index in [4.69, 9.17) is 14.2 Å². The molecule has 1 aromatic heterocycles. The average Bonchev–Trinajstić information content (AvgIpc) is 3.14. The van der Waals surface area contributed by atoms with Gasteiger partial charge >= 0.3 is 0 Å². The van der Waals surface area contributed by atoms with E-state index in [1.54, 1.807) is 21.3 Å². The van der Waals surface area contributed by atoms with E-state index in [0.717, 1.165) is 67.0 Å². The molecule has 0 atom stereocenters. The number of piperazine rings is 1. The van der Waals surface area contributed by atoms with Crippen LogP contribution < -0.4 is 14.2 Å². The first-order valence-electron chi connectivity index (χ1n) is 10.8. The van der Waals surface area contributed by atoms with Crippen LogP contribution in [0.5, 0.6) is 17.2 Å². The van der Waals surface area contributed by atoms with Gasteiger partial charge < -0.3 is 23.7 Å². The van der Waals surface area contributed by atoms with Crippen molar-refractivity contribution in [1.82, 2.24) is 14.4 Å². The van der Waals surface area contributed by atoms with Crippen molar-refractivity contribution >= 4 is 35.7 Å². The lowest BCUT2D eigenvalue weighted by Crippen LogP contribution is -2.45. The highest BCUT2D eigenvalue weighted by molar-refractivity contribution is 6.01. The van der Waals surface area contributed by atoms with E-state index < -0.39 is 0 Å². The highest BCUT2D eigenvalue weighted by atomic mass is 35.5. The first kappa shape index (κ1) is 27.6. The molecule has 0 bridgehead atoms. The zero-order valence-corrected chi connectivity index (χ0v) is 21.7. The zero-order chi connectivity index (χ0) is 22.7. The molecular formula is C25H32Cl2N4O3. The minimum atomic E-state index is 0. The molecule has 34 heavy (non-hydrogen) atoms. The van der Waals surface area contributed by atoms with Crippen LogP contribution in [0.25, 0.3) is 22.0 Å². The van der Waals surface area contributed by atoms with Crippen LogP contribution >= 0.6 is 24.8 Å². The number of benzene rings is 2. The maximum atomic E-state index is 10.2. The molecule has 3 aromatic rings. The molecule has 2 aromatic carbocycles. The van der Waals surface area contributed by atoms with Crippen molar-refractivity contribution in [2.75, 3.05) is 61.1 Å². The van der Waals surface area contributed by atoms with Gasteiger partial charge in [-0.1, -0.05) is 12.1 Å². The van der Waals surface area contributed by atoms with E-state index in [2.05, 4.69) is 27.5 Å². The molecule has 0 aliphatic carbocycles. The minimum absolute atomic E-state index is 0. The van der Waals surface area contributed by atoms with Gasteiger partial charge in [-0.2, -0.15) is 5.26 Å². The fourth-order valence-electron chi connectivity index (χ4n) is 4.39. The minimum Gasteiger partial charge on any atom is -0.497 e. The summed E-state index contributed by atoms with van der Waals surface area (Å²) in [5.41, 5.74) is 3.50. The Labute approximate surface area is 213 Å². The summed E-state index contributed by atoms with van der Waals surface area (Å²) in [7, 11) is 7.07. The van der Waals surface area contributed by atoms with Crippen molar-refractivity contribution in [3.8, 4) is 34.4 Å². The molecule has 1 aliphatic heterocycles. The second-order valence-electron chi connectivity index (χ2n) is 8.08. The number of halogens is 2. The van der Waals surface area contributed by atoms with Gasteiger partial charge in [-0.3, -0.25) is 4.90 Å². The van der Waals surface area contributed by atoms with Gasteiger partial charge in [-0.05, 0) is 30.8 Å². The van der Waals surface area contributed by atoms with Gasteiger partial charge in [0.25, 0.3) is 0 Å². The highest BCUT2D eigenvalue weighted by Crippen LogP contribution is 2.41. The number of ether oxygens (including phenoxy) is 3. The van der Waals surface area contributed by atoms with E-state index in [9.17, 15) is 5.26 Å². The third-order valence-electron chi connectivity index (χ3n) is 6.29. The predicted octanol–water partition coefficient (Wildman–Crippen LogP) is 4.30. The fraction of sp³-hybridized carbons (Fsp3) is 0.400. The molecule has 0 saturated carbocycles. The number of methoxy groups -OCH3 is 3. The van der Waals surface area contributed by atoms with Gasteiger partial charge in [0.15, 0.2) is 11.5 Å². The van der Waals surface area contributed by atoms with Crippen LogP contribution in [0, 0.1) is 11.3 Å². The Morgan fingerprint density at radius 1 is 0.853 bits per heavy atom. The number of likely N-dealkylation sites (N-methyl/N-ethyl adjacent to an activating group) is 1. The van der Waals surface area contributed by atoms with Crippen molar-refractivity contribution in [3.05, 3.63) is 42.1 Å². The van der Waals surface area contributed by atoms with Gasteiger partial charge in [0, 0.05) is 56.3 Å². The molecule has 2 heterocycles. The second-order valence-corrected chi connectivity index (χ2v) is 8.08. The Hall–Kier alpha value is -2.63. The predicted molar refractivity (Wildman–Crippen MR) is 140 cm³/mol. The largest absolute Gasteiger partial charge is 0.497 e. The lowest BCUT2D eigenvalue weighted by Gasteiger charge is -2.32. The number of hydrogen-bond acceptors (Lipinski definition) is 6. The van der Waals surface area contributed by atoms with Crippen LogP contribution in [0.15, 0.2) is 36.4 Å². The summed E-state index contributed by atoms with van der Waals surface area (Å²) in [6, 6.07) is 14.3. The average molecular weight is 507 g/mol. The van der Waals surface area contributed by atoms with E-state index >= 15 is 0 Å². The first-order valence-corrected chi connectivity index (χ1v) is 10.8. The fourth-order valence-corrected chi connectivity index (χ4v) is 4.39. The topological polar surface area (TPSA) is 62.9 Å². The molecule has 1 saturated heterocycles. The van der Waals surface area contributed by atoms with Crippen LogP contribution in [-0.2, 0) is 6.54 Å². The number of nitriles is 1. The molecule has 184 valence electrons. The number of rotatable bonds is 7. The molecule has 7 nitrogen and oxygen atoms in total. The Bertz CT molecular complexity index is 1130. The lowest BCUT2D eigenvalue weighted by atomic mass is 10.0. The molecule has 0 N–H and O–H groups in total. The second kappa shape index (κ2) is 12.2. The molecule has 0 amide bonds. The summed E-state index contributed by atoms with van der Waals surface area (Å²) < 4.78 is 18.6. The maximum absolute atomic E-state index is 10.2. The van der Waals surface area contributed by atoms with E-state index in [-0.39, 0.29) is 24.8 Å². The molecule has 0 unspecified atom stereocenters. The Morgan fingerprint density at radius 3 is 2.03 bits per heavy atom. The van der Waals surface area contributed by atoms with Crippen LogP contribution in [-0.4, -0.2) is 75.5 Å². The van der Waals surface area contributed by atoms with Crippen LogP contribution in [0.2, 0.25) is 0 Å². The molecule has 0 radical (unpaired) electrons. The molecule has 9 heteroatoms. The lowest BCUT2D eigenvalue weighted by molar-refractivity contribution is 0.150. The van der Waals surface area contributed by atoms with Gasteiger partial charge in [0.1, 0.15) is 17.5 Å². The van der Waals surface area contributed by atoms with E-state index in [0.29, 0.717) is 17.2 Å². The third kappa shape index (κ3) is 5.37. The van der Waals surface area contributed by atoms with Crippen molar-refractivity contribution in [2.24, 2.45) is 0 Å². The summed E-state index contributed by atoms with van der Waals surface area (Å²) in [5, 5.41) is 11.2. The first-order chi connectivity index (χ1) is 15.6. The van der Waals surface area contributed by atoms with Crippen molar-refractivity contribution in [3.63, 3.8) is 0 Å². The van der Waals surface area contributed by atoms with Gasteiger partial charge in [-0.25, -0.2) is 0 Å². The van der Waals surface area contributed by atoms with Crippen molar-refractivity contribution in [1.29, 1.82) is 5.26 Å². The van der Waals surface area contributed by atoms with E-state index in [1.165, 1.54) is 0 Å². The van der Waals surface area contributed by atoms with Gasteiger partial charge in [0.2, 0.25) is 0 Å². The normalized spacial score (nSPS) is 14.1. The summed E-state index contributed by atoms with van der Waals surface area (Å²) in [6.07, 6.45) is 0. The number of aromatic nitrogens is 1. The number of nitrogens with zero attached hydrogens (tertiary/aromatic N) is 4. The summed E-state index contributed by atoms with van der Waals surface area (Å²) in [4.78, 5) is 4.81. The highest BCUT2D eigenvalue weighted by Gasteiger charge is 2.22. The molecule has 1 fully saturated rings. The molecule has 4 rings (SSSR count). The molecule has 0 spiro atoms. The van der Waals surface area contributed by atoms with E-state index in [1.807, 2.05) is 36.4 Å². The Balaban J connectivity index is 0.00000204. The van der Waals surface area contributed by atoms with Crippen LogP contribution in [0.3, 0.4) is 0 Å². The van der Waals surface area contributed by atoms with Crippen molar-refractivity contribution < 1.29 is 14.2 Å². The maximum Gasteiger partial charge on any atom is 0.162 e. The molecule has 1 aliphatic rings. The number of hydrogen-bond donors (Lipinski definition) is 0. The number of fused-ring (bicyclic) bond motifs is 1. The standard InChI is InChI=1S/C25H30N4O3.2ClH/c1-27-9-11-28(12-10-27)13-14-29-21-16-24(32-4)23(31-3)15-20(21)25(22(29)17-26)18-5-7-19(30-2)8-6-18;;/h5-8,15-16H,9-14H2,1-4H3;2*1H. The third-order valence-corrected chi connectivity index (χ3v) is 6.29. The van der Waals surface area contributed by atoms with Gasteiger partial charge in [0.05, 0.1) is 26.8 Å². The van der Waals surface area contributed by atoms with Crippen LogP contribution in [0.1, 0.15) is 5.69 Å². The van der Waals surface area contributed by atoms with Gasteiger partial charge in [-0.15, -0.1) is 24.8 Å². The Morgan fingerprint density at radius 2 is 1.47 bits per heavy atom. The summed E-state index contributed by atoms with van der Waals surface area (Å²) in [6.45, 7) is 5.84. The zero-order valence-electron chi connectivity index (χ0n) is 20.0.